The molecule has 0 spiro atoms. The number of urea groups is 1. The van der Waals surface area contributed by atoms with Gasteiger partial charge in [-0.2, -0.15) is 0 Å². The number of carbonyl (C=O) groups excluding carboxylic acids is 1. The van der Waals surface area contributed by atoms with Crippen molar-refractivity contribution in [2.75, 3.05) is 11.9 Å². The molecule has 2 amide bonds. The van der Waals surface area contributed by atoms with E-state index in [9.17, 15) is 9.18 Å². The molecule has 2 aliphatic heterocycles. The second-order valence-corrected chi connectivity index (χ2v) is 6.47. The molecule has 0 saturated carbocycles. The Balaban J connectivity index is 1.58. The zero-order valence-electron chi connectivity index (χ0n) is 13.3. The van der Waals surface area contributed by atoms with Crippen molar-refractivity contribution < 1.29 is 9.18 Å². The molecule has 0 aliphatic carbocycles. The average molecular weight is 317 g/mol. The molecule has 0 aromatic heterocycles. The summed E-state index contributed by atoms with van der Waals surface area (Å²) in [6.45, 7) is 4.77. The van der Waals surface area contributed by atoms with E-state index in [0.717, 1.165) is 19.4 Å². The Morgan fingerprint density at radius 3 is 2.65 bits per heavy atom. The van der Waals surface area contributed by atoms with Gasteiger partial charge in [-0.3, -0.25) is 4.90 Å². The van der Waals surface area contributed by atoms with Gasteiger partial charge in [-0.15, -0.1) is 6.58 Å². The summed E-state index contributed by atoms with van der Waals surface area (Å²) in [6, 6.07) is 7.07. The molecule has 2 aliphatic rings. The minimum absolute atomic E-state index is 0.151. The number of carbonyl (C=O) groups is 1. The molecule has 2 N–H and O–H groups in total. The van der Waals surface area contributed by atoms with Gasteiger partial charge >= 0.3 is 6.03 Å². The minimum atomic E-state index is -0.416. The van der Waals surface area contributed by atoms with Crippen LogP contribution >= 0.6 is 0 Å². The number of fused-ring (bicyclic) bond motifs is 2. The number of nitrogens with zero attached hydrogens (tertiary/aromatic N) is 1. The second kappa shape index (κ2) is 7.13. The predicted octanol–water partition coefficient (Wildman–Crippen LogP) is 3.52. The lowest BCUT2D eigenvalue weighted by Gasteiger charge is -2.48. The Labute approximate surface area is 136 Å². The Morgan fingerprint density at radius 1 is 1.30 bits per heavy atom. The van der Waals surface area contributed by atoms with E-state index in [1.165, 1.54) is 25.3 Å². The maximum absolute atomic E-state index is 13.6. The van der Waals surface area contributed by atoms with Crippen LogP contribution in [0.3, 0.4) is 0 Å². The van der Waals surface area contributed by atoms with Crippen molar-refractivity contribution >= 4 is 11.7 Å². The first-order valence-corrected chi connectivity index (χ1v) is 8.36. The molecule has 1 aromatic carbocycles. The van der Waals surface area contributed by atoms with Gasteiger partial charge in [0.2, 0.25) is 0 Å². The largest absolute Gasteiger partial charge is 0.335 e. The second-order valence-electron chi connectivity index (χ2n) is 6.47. The molecule has 4 nitrogen and oxygen atoms in total. The highest BCUT2D eigenvalue weighted by atomic mass is 19.1. The number of para-hydroxylation sites is 1. The maximum atomic E-state index is 13.6. The third-order valence-corrected chi connectivity index (χ3v) is 4.92. The smallest absolute Gasteiger partial charge is 0.319 e. The summed E-state index contributed by atoms with van der Waals surface area (Å²) in [5.41, 5.74) is 0.217. The lowest BCUT2D eigenvalue weighted by molar-refractivity contribution is 0.0375. The molecule has 1 aromatic rings. The Morgan fingerprint density at radius 2 is 2.00 bits per heavy atom. The van der Waals surface area contributed by atoms with Gasteiger partial charge in [-0.05, 0) is 37.8 Å². The van der Waals surface area contributed by atoms with Crippen molar-refractivity contribution in [3.63, 3.8) is 0 Å². The third kappa shape index (κ3) is 3.72. The molecule has 2 bridgehead atoms. The molecule has 5 heteroatoms. The first-order valence-electron chi connectivity index (χ1n) is 8.36. The number of hydrogen-bond acceptors (Lipinski definition) is 2. The van der Waals surface area contributed by atoms with Gasteiger partial charge in [0.15, 0.2) is 0 Å². The van der Waals surface area contributed by atoms with Crippen LogP contribution < -0.4 is 10.6 Å². The first-order chi connectivity index (χ1) is 11.2. The number of halogens is 1. The zero-order valence-corrected chi connectivity index (χ0v) is 13.3. The van der Waals surface area contributed by atoms with Crippen LogP contribution in [0.4, 0.5) is 14.9 Å². The predicted molar refractivity (Wildman–Crippen MR) is 89.9 cm³/mol. The van der Waals surface area contributed by atoms with Crippen molar-refractivity contribution in [1.82, 2.24) is 10.2 Å². The van der Waals surface area contributed by atoms with E-state index >= 15 is 0 Å². The van der Waals surface area contributed by atoms with Crippen LogP contribution in [-0.2, 0) is 0 Å². The van der Waals surface area contributed by atoms with E-state index in [-0.39, 0.29) is 17.8 Å². The van der Waals surface area contributed by atoms with E-state index < -0.39 is 5.82 Å². The monoisotopic (exact) mass is 317 g/mol. The quantitative estimate of drug-likeness (QED) is 0.835. The summed E-state index contributed by atoms with van der Waals surface area (Å²) in [7, 11) is 0. The first kappa shape index (κ1) is 16.0. The molecule has 2 heterocycles. The Bertz CT molecular complexity index is 563. The molecular formula is C18H24FN3O. The molecule has 2 atom stereocenters. The standard InChI is InChI=1S/C18H24FN3O/c1-2-10-22-14-6-5-7-15(22)12-13(11-14)20-18(23)21-17-9-4-3-8-16(17)19/h2-4,8-9,13-15H,1,5-7,10-12H2,(H2,20,21,23). The van der Waals surface area contributed by atoms with Gasteiger partial charge in [0.25, 0.3) is 0 Å². The van der Waals surface area contributed by atoms with Crippen molar-refractivity contribution in [3.8, 4) is 0 Å². The zero-order chi connectivity index (χ0) is 16.2. The fourth-order valence-corrected chi connectivity index (χ4v) is 3.95. The van der Waals surface area contributed by atoms with Crippen LogP contribution in [0.5, 0.6) is 0 Å². The lowest BCUT2D eigenvalue weighted by Crippen LogP contribution is -2.57. The van der Waals surface area contributed by atoms with Gasteiger partial charge in [0.1, 0.15) is 5.82 Å². The molecule has 124 valence electrons. The van der Waals surface area contributed by atoms with Crippen LogP contribution in [-0.4, -0.2) is 35.6 Å². The number of nitrogens with one attached hydrogen (secondary N) is 2. The molecule has 2 fully saturated rings. The summed E-state index contributed by atoms with van der Waals surface area (Å²) < 4.78 is 13.6. The fourth-order valence-electron chi connectivity index (χ4n) is 3.95. The van der Waals surface area contributed by atoms with E-state index in [4.69, 9.17) is 0 Å². The SMILES string of the molecule is C=CCN1C2CCCC1CC(NC(=O)Nc1ccccc1F)C2. The van der Waals surface area contributed by atoms with Crippen LogP contribution in [0.15, 0.2) is 36.9 Å². The van der Waals surface area contributed by atoms with Gasteiger partial charge in [0.05, 0.1) is 5.69 Å². The number of piperidine rings is 2. The minimum Gasteiger partial charge on any atom is -0.335 e. The number of rotatable bonds is 4. The maximum Gasteiger partial charge on any atom is 0.319 e. The molecular weight excluding hydrogens is 293 g/mol. The van der Waals surface area contributed by atoms with E-state index in [1.807, 2.05) is 6.08 Å². The molecule has 23 heavy (non-hydrogen) atoms. The van der Waals surface area contributed by atoms with Gasteiger partial charge in [-0.25, -0.2) is 9.18 Å². The van der Waals surface area contributed by atoms with E-state index in [1.54, 1.807) is 18.2 Å². The van der Waals surface area contributed by atoms with Crippen LogP contribution in [0, 0.1) is 5.82 Å². The van der Waals surface area contributed by atoms with Crippen molar-refractivity contribution in [2.24, 2.45) is 0 Å². The van der Waals surface area contributed by atoms with Crippen molar-refractivity contribution in [3.05, 3.63) is 42.7 Å². The van der Waals surface area contributed by atoms with Crippen molar-refractivity contribution in [1.29, 1.82) is 0 Å². The Hall–Kier alpha value is -1.88. The topological polar surface area (TPSA) is 44.4 Å². The summed E-state index contributed by atoms with van der Waals surface area (Å²) in [5.74, 6) is -0.416. The number of hydrogen-bond donors (Lipinski definition) is 2. The number of benzene rings is 1. The highest BCUT2D eigenvalue weighted by Crippen LogP contribution is 2.33. The summed E-state index contributed by atoms with van der Waals surface area (Å²) in [6.07, 6.45) is 7.49. The third-order valence-electron chi connectivity index (χ3n) is 4.92. The average Bonchev–Trinajstić information content (AvgIpc) is 2.50. The normalized spacial score (nSPS) is 27.3. The highest BCUT2D eigenvalue weighted by Gasteiger charge is 2.37. The molecule has 3 rings (SSSR count). The fraction of sp³-hybridized carbons (Fsp3) is 0.500. The lowest BCUT2D eigenvalue weighted by atomic mass is 9.82. The summed E-state index contributed by atoms with van der Waals surface area (Å²) in [4.78, 5) is 14.7. The van der Waals surface area contributed by atoms with Crippen molar-refractivity contribution in [2.45, 2.75) is 50.2 Å². The van der Waals surface area contributed by atoms with Gasteiger partial charge in [-0.1, -0.05) is 24.6 Å². The number of anilines is 1. The highest BCUT2D eigenvalue weighted by molar-refractivity contribution is 5.89. The summed E-state index contributed by atoms with van der Waals surface area (Å²) >= 11 is 0. The number of amides is 2. The van der Waals surface area contributed by atoms with Crippen LogP contribution in [0.25, 0.3) is 0 Å². The molecule has 2 saturated heterocycles. The van der Waals surface area contributed by atoms with E-state index in [0.29, 0.717) is 12.1 Å². The summed E-state index contributed by atoms with van der Waals surface area (Å²) in [5, 5.41) is 5.62. The molecule has 2 unspecified atom stereocenters. The van der Waals surface area contributed by atoms with E-state index in [2.05, 4.69) is 22.1 Å². The van der Waals surface area contributed by atoms with Crippen LogP contribution in [0.2, 0.25) is 0 Å². The molecule has 0 radical (unpaired) electrons. The van der Waals surface area contributed by atoms with Gasteiger partial charge in [0, 0.05) is 24.7 Å². The van der Waals surface area contributed by atoms with Crippen LogP contribution in [0.1, 0.15) is 32.1 Å². The Kier molecular flexibility index (Phi) is 4.96. The van der Waals surface area contributed by atoms with Gasteiger partial charge < -0.3 is 10.6 Å².